The van der Waals surface area contributed by atoms with Gasteiger partial charge in [-0.15, -0.1) is 12.4 Å². The number of benzene rings is 2. The van der Waals surface area contributed by atoms with Crippen LogP contribution in [0.15, 0.2) is 66.2 Å². The van der Waals surface area contributed by atoms with Crippen molar-refractivity contribution in [3.05, 3.63) is 77.4 Å². The monoisotopic (exact) mass is 453 g/mol. The van der Waals surface area contributed by atoms with Crippen LogP contribution >= 0.6 is 12.4 Å². The number of cyclic esters (lactones) is 1. The minimum absolute atomic E-state index is 0. The van der Waals surface area contributed by atoms with E-state index in [9.17, 15) is 4.79 Å². The molecule has 2 aromatic carbocycles. The number of likely N-dealkylation sites (tertiary alicyclic amines) is 1. The zero-order chi connectivity index (χ0) is 21.7. The number of carbonyl (C=O) groups excluding carboxylic acids is 1. The highest BCUT2D eigenvalue weighted by Crippen LogP contribution is 2.41. The van der Waals surface area contributed by atoms with Gasteiger partial charge in [0, 0.05) is 26.1 Å². The Morgan fingerprint density at radius 2 is 1.47 bits per heavy atom. The van der Waals surface area contributed by atoms with E-state index in [0.717, 1.165) is 58.2 Å². The lowest BCUT2D eigenvalue weighted by molar-refractivity contribution is -0.149. The summed E-state index contributed by atoms with van der Waals surface area (Å²) >= 11 is 0. The van der Waals surface area contributed by atoms with E-state index >= 15 is 0 Å². The van der Waals surface area contributed by atoms with Gasteiger partial charge in [0.1, 0.15) is 6.10 Å². The molecule has 0 saturated carbocycles. The SMILES string of the molecule is CCC1(CC)CC(CCN2CCC(=C(c3ccccc3)c3ccccc3)CC2)OC1=O.Cl. The van der Waals surface area contributed by atoms with Crippen molar-refractivity contribution < 1.29 is 9.53 Å². The first-order valence-corrected chi connectivity index (χ1v) is 11.9. The first-order valence-electron chi connectivity index (χ1n) is 11.9. The van der Waals surface area contributed by atoms with E-state index < -0.39 is 0 Å². The molecular weight excluding hydrogens is 418 g/mol. The lowest BCUT2D eigenvalue weighted by atomic mass is 9.79. The summed E-state index contributed by atoms with van der Waals surface area (Å²) in [5.41, 5.74) is 5.34. The van der Waals surface area contributed by atoms with Gasteiger partial charge in [0.05, 0.1) is 5.41 Å². The molecule has 2 saturated heterocycles. The molecular formula is C28H36ClNO2. The van der Waals surface area contributed by atoms with Crippen molar-refractivity contribution in [1.82, 2.24) is 4.90 Å². The molecule has 0 amide bonds. The third kappa shape index (κ3) is 5.27. The van der Waals surface area contributed by atoms with E-state index in [1.54, 1.807) is 5.57 Å². The minimum atomic E-state index is -0.233. The van der Waals surface area contributed by atoms with Crippen molar-refractivity contribution in [2.75, 3.05) is 19.6 Å². The number of hydrogen-bond donors (Lipinski definition) is 0. The van der Waals surface area contributed by atoms with Gasteiger partial charge in [0.25, 0.3) is 0 Å². The number of nitrogens with zero attached hydrogens (tertiary/aromatic N) is 1. The highest BCUT2D eigenvalue weighted by Gasteiger charge is 2.46. The largest absolute Gasteiger partial charge is 0.462 e. The number of hydrogen-bond acceptors (Lipinski definition) is 3. The van der Waals surface area contributed by atoms with Crippen molar-refractivity contribution in [3.8, 4) is 0 Å². The molecule has 3 nitrogen and oxygen atoms in total. The second-order valence-corrected chi connectivity index (χ2v) is 9.06. The van der Waals surface area contributed by atoms with Crippen LogP contribution in [0, 0.1) is 5.41 Å². The molecule has 0 aromatic heterocycles. The topological polar surface area (TPSA) is 29.5 Å². The zero-order valence-electron chi connectivity index (χ0n) is 19.4. The summed E-state index contributed by atoms with van der Waals surface area (Å²) in [5.74, 6) is 0.0294. The Kier molecular flexibility index (Phi) is 8.56. The Hall–Kier alpha value is -2.10. The van der Waals surface area contributed by atoms with Crippen LogP contribution in [-0.4, -0.2) is 36.6 Å². The molecule has 32 heavy (non-hydrogen) atoms. The van der Waals surface area contributed by atoms with E-state index in [1.165, 1.54) is 16.7 Å². The van der Waals surface area contributed by atoms with Gasteiger partial charge in [-0.2, -0.15) is 0 Å². The number of esters is 1. The van der Waals surface area contributed by atoms with E-state index in [1.807, 2.05) is 0 Å². The zero-order valence-corrected chi connectivity index (χ0v) is 20.2. The number of piperidine rings is 1. The van der Waals surface area contributed by atoms with Crippen molar-refractivity contribution in [2.24, 2.45) is 5.41 Å². The number of rotatable bonds is 7. The van der Waals surface area contributed by atoms with Crippen LogP contribution in [0.3, 0.4) is 0 Å². The van der Waals surface area contributed by atoms with E-state index in [4.69, 9.17) is 4.74 Å². The molecule has 0 aliphatic carbocycles. The highest BCUT2D eigenvalue weighted by atomic mass is 35.5. The average Bonchev–Trinajstić information content (AvgIpc) is 3.16. The molecule has 0 N–H and O–H groups in total. The van der Waals surface area contributed by atoms with Gasteiger partial charge >= 0.3 is 5.97 Å². The molecule has 172 valence electrons. The number of halogens is 1. The van der Waals surface area contributed by atoms with Gasteiger partial charge in [0.2, 0.25) is 0 Å². The lowest BCUT2D eigenvalue weighted by Gasteiger charge is -2.31. The summed E-state index contributed by atoms with van der Waals surface area (Å²) in [5, 5.41) is 0. The molecule has 1 unspecified atom stereocenters. The smallest absolute Gasteiger partial charge is 0.312 e. The predicted molar refractivity (Wildman–Crippen MR) is 134 cm³/mol. The van der Waals surface area contributed by atoms with Crippen LogP contribution in [0.1, 0.15) is 63.5 Å². The van der Waals surface area contributed by atoms with Gasteiger partial charge in [-0.05, 0) is 48.8 Å². The van der Waals surface area contributed by atoms with Crippen LogP contribution in [0.5, 0.6) is 0 Å². The van der Waals surface area contributed by atoms with Crippen molar-refractivity contribution >= 4 is 23.9 Å². The summed E-state index contributed by atoms with van der Waals surface area (Å²) in [6.45, 7) is 7.39. The first-order chi connectivity index (χ1) is 15.1. The summed E-state index contributed by atoms with van der Waals surface area (Å²) < 4.78 is 5.75. The summed E-state index contributed by atoms with van der Waals surface area (Å²) in [4.78, 5) is 14.9. The molecule has 2 fully saturated rings. The average molecular weight is 454 g/mol. The summed E-state index contributed by atoms with van der Waals surface area (Å²) in [6, 6.07) is 21.6. The Labute approximate surface area is 199 Å². The maximum atomic E-state index is 12.4. The molecule has 2 aliphatic heterocycles. The molecule has 0 bridgehead atoms. The lowest BCUT2D eigenvalue weighted by Crippen LogP contribution is -2.33. The van der Waals surface area contributed by atoms with Gasteiger partial charge in [0.15, 0.2) is 0 Å². The Morgan fingerprint density at radius 1 is 0.938 bits per heavy atom. The Balaban J connectivity index is 0.00000289. The number of ether oxygens (including phenoxy) is 1. The molecule has 4 heteroatoms. The molecule has 0 radical (unpaired) electrons. The second kappa shape index (κ2) is 11.2. The third-order valence-electron chi connectivity index (χ3n) is 7.38. The molecule has 2 aromatic rings. The predicted octanol–water partition coefficient (Wildman–Crippen LogP) is 6.52. The van der Waals surface area contributed by atoms with Crippen molar-refractivity contribution in [2.45, 2.75) is 58.5 Å². The second-order valence-electron chi connectivity index (χ2n) is 9.06. The maximum absolute atomic E-state index is 12.4. The van der Waals surface area contributed by atoms with Crippen molar-refractivity contribution in [3.63, 3.8) is 0 Å². The molecule has 2 aliphatic rings. The molecule has 1 atom stereocenters. The van der Waals surface area contributed by atoms with Crippen LogP contribution < -0.4 is 0 Å². The quantitative estimate of drug-likeness (QED) is 0.447. The third-order valence-corrected chi connectivity index (χ3v) is 7.38. The normalized spacial score (nSPS) is 20.5. The van der Waals surface area contributed by atoms with Gasteiger partial charge < -0.3 is 9.64 Å². The van der Waals surface area contributed by atoms with E-state index in [-0.39, 0.29) is 29.9 Å². The van der Waals surface area contributed by atoms with Crippen LogP contribution in [0.4, 0.5) is 0 Å². The molecule has 4 rings (SSSR count). The van der Waals surface area contributed by atoms with Crippen LogP contribution in [-0.2, 0) is 9.53 Å². The number of carbonyl (C=O) groups is 1. The highest BCUT2D eigenvalue weighted by molar-refractivity contribution is 5.85. The maximum Gasteiger partial charge on any atom is 0.312 e. The molecule has 2 heterocycles. The van der Waals surface area contributed by atoms with Crippen molar-refractivity contribution in [1.29, 1.82) is 0 Å². The van der Waals surface area contributed by atoms with Gasteiger partial charge in [-0.1, -0.05) is 80.1 Å². The fourth-order valence-electron chi connectivity index (χ4n) is 5.23. The van der Waals surface area contributed by atoms with E-state index in [2.05, 4.69) is 79.4 Å². The summed E-state index contributed by atoms with van der Waals surface area (Å²) in [7, 11) is 0. The van der Waals surface area contributed by atoms with Gasteiger partial charge in [-0.3, -0.25) is 4.79 Å². The van der Waals surface area contributed by atoms with Crippen LogP contribution in [0.2, 0.25) is 0 Å². The van der Waals surface area contributed by atoms with Crippen LogP contribution in [0.25, 0.3) is 5.57 Å². The first kappa shape index (κ1) is 24.5. The molecule has 0 spiro atoms. The summed E-state index contributed by atoms with van der Waals surface area (Å²) in [6.07, 6.45) is 5.90. The van der Waals surface area contributed by atoms with E-state index in [0.29, 0.717) is 0 Å². The Morgan fingerprint density at radius 3 is 1.94 bits per heavy atom. The fraction of sp³-hybridized carbons (Fsp3) is 0.464. The fourth-order valence-corrected chi connectivity index (χ4v) is 5.23. The Bertz CT molecular complexity index is 854. The standard InChI is InChI=1S/C28H35NO2.ClH/c1-3-28(4-2)21-25(31-27(28)30)17-20-29-18-15-24(16-19-29)26(22-11-7-5-8-12-22)23-13-9-6-10-14-23;/h5-14,25H,3-4,15-21H2,1-2H3;1H. The minimum Gasteiger partial charge on any atom is -0.462 e. The van der Waals surface area contributed by atoms with Gasteiger partial charge in [-0.25, -0.2) is 0 Å².